The summed E-state index contributed by atoms with van der Waals surface area (Å²) in [6.45, 7) is 4.27. The van der Waals surface area contributed by atoms with E-state index < -0.39 is 11.5 Å². The molecule has 5 nitrogen and oxygen atoms in total. The molecule has 1 unspecified atom stereocenters. The highest BCUT2D eigenvalue weighted by Gasteiger charge is 2.49. The van der Waals surface area contributed by atoms with Gasteiger partial charge in [0, 0.05) is 19.3 Å². The lowest BCUT2D eigenvalue weighted by Gasteiger charge is -2.34. The number of aliphatic carboxylic acids is 1. The van der Waals surface area contributed by atoms with Gasteiger partial charge in [0.2, 0.25) is 0 Å². The zero-order chi connectivity index (χ0) is 14.2. The molecule has 0 aliphatic carbocycles. The van der Waals surface area contributed by atoms with Gasteiger partial charge in [-0.15, -0.1) is 0 Å². The third-order valence-corrected chi connectivity index (χ3v) is 4.31. The molecule has 1 atom stereocenters. The van der Waals surface area contributed by atoms with Gasteiger partial charge < -0.3 is 14.6 Å². The SMILES string of the molecule is CCC1(C(=O)O)CCCN1C(=O)c1ccc(C)n1C. The molecule has 0 aromatic carbocycles. The Morgan fingerprint density at radius 1 is 1.42 bits per heavy atom. The van der Waals surface area contributed by atoms with Crippen LogP contribution in [-0.4, -0.2) is 38.5 Å². The van der Waals surface area contributed by atoms with Gasteiger partial charge in [0.1, 0.15) is 11.2 Å². The van der Waals surface area contributed by atoms with E-state index in [1.54, 1.807) is 6.07 Å². The Hall–Kier alpha value is -1.78. The summed E-state index contributed by atoms with van der Waals surface area (Å²) in [5, 5.41) is 9.50. The predicted molar refractivity (Wildman–Crippen MR) is 71.1 cm³/mol. The highest BCUT2D eigenvalue weighted by Crippen LogP contribution is 2.34. The third-order valence-electron chi connectivity index (χ3n) is 4.31. The summed E-state index contributed by atoms with van der Waals surface area (Å²) < 4.78 is 1.81. The van der Waals surface area contributed by atoms with Gasteiger partial charge in [-0.2, -0.15) is 0 Å². The fourth-order valence-electron chi connectivity index (χ4n) is 2.88. The van der Waals surface area contributed by atoms with Gasteiger partial charge in [0.15, 0.2) is 0 Å². The lowest BCUT2D eigenvalue weighted by Crippen LogP contribution is -2.53. The molecule has 0 spiro atoms. The number of hydrogen-bond donors (Lipinski definition) is 1. The fourth-order valence-corrected chi connectivity index (χ4v) is 2.88. The quantitative estimate of drug-likeness (QED) is 0.905. The number of aryl methyl sites for hydroxylation is 1. The van der Waals surface area contributed by atoms with Crippen molar-refractivity contribution in [2.75, 3.05) is 6.54 Å². The fraction of sp³-hybridized carbons (Fsp3) is 0.571. The molecule has 2 rings (SSSR count). The monoisotopic (exact) mass is 264 g/mol. The number of carbonyl (C=O) groups is 2. The van der Waals surface area contributed by atoms with E-state index in [4.69, 9.17) is 0 Å². The molecule has 5 heteroatoms. The first kappa shape index (κ1) is 13.6. The molecule has 1 fully saturated rings. The van der Waals surface area contributed by atoms with E-state index in [1.807, 2.05) is 31.5 Å². The lowest BCUT2D eigenvalue weighted by molar-refractivity contribution is -0.148. The van der Waals surface area contributed by atoms with Gasteiger partial charge in [-0.1, -0.05) is 6.92 Å². The van der Waals surface area contributed by atoms with Crippen LogP contribution in [0.15, 0.2) is 12.1 Å². The second kappa shape index (κ2) is 4.72. The molecule has 1 amide bonds. The molecule has 2 heterocycles. The van der Waals surface area contributed by atoms with Crippen LogP contribution in [0.25, 0.3) is 0 Å². The van der Waals surface area contributed by atoms with E-state index in [0.29, 0.717) is 25.1 Å². The van der Waals surface area contributed by atoms with Crippen LogP contribution in [0.3, 0.4) is 0 Å². The van der Waals surface area contributed by atoms with Gasteiger partial charge in [-0.25, -0.2) is 4.79 Å². The van der Waals surface area contributed by atoms with Gasteiger partial charge in [-0.3, -0.25) is 4.79 Å². The zero-order valence-electron chi connectivity index (χ0n) is 11.6. The van der Waals surface area contributed by atoms with Crippen LogP contribution in [0, 0.1) is 6.92 Å². The van der Waals surface area contributed by atoms with E-state index in [-0.39, 0.29) is 5.91 Å². The summed E-state index contributed by atoms with van der Waals surface area (Å²) in [5.74, 6) is -1.08. The topological polar surface area (TPSA) is 62.5 Å². The van der Waals surface area contributed by atoms with Crippen molar-refractivity contribution in [1.82, 2.24) is 9.47 Å². The molecule has 0 saturated carbocycles. The number of nitrogens with zero attached hydrogens (tertiary/aromatic N) is 2. The van der Waals surface area contributed by atoms with E-state index in [9.17, 15) is 14.7 Å². The number of hydrogen-bond acceptors (Lipinski definition) is 2. The number of aromatic nitrogens is 1. The van der Waals surface area contributed by atoms with Gasteiger partial charge in [0.25, 0.3) is 5.91 Å². The van der Waals surface area contributed by atoms with Crippen LogP contribution < -0.4 is 0 Å². The summed E-state index contributed by atoms with van der Waals surface area (Å²) in [7, 11) is 1.83. The Morgan fingerprint density at radius 2 is 2.11 bits per heavy atom. The van der Waals surface area contributed by atoms with Crippen molar-refractivity contribution in [3.05, 3.63) is 23.5 Å². The normalized spacial score (nSPS) is 22.8. The van der Waals surface area contributed by atoms with Crippen molar-refractivity contribution in [2.24, 2.45) is 7.05 Å². The molecule has 0 radical (unpaired) electrons. The van der Waals surface area contributed by atoms with Gasteiger partial charge >= 0.3 is 5.97 Å². The first-order valence-corrected chi connectivity index (χ1v) is 6.61. The van der Waals surface area contributed by atoms with Gasteiger partial charge in [-0.05, 0) is 38.3 Å². The summed E-state index contributed by atoms with van der Waals surface area (Å²) in [6.07, 6.45) is 1.72. The minimum atomic E-state index is -1.03. The molecule has 19 heavy (non-hydrogen) atoms. The van der Waals surface area contributed by atoms with E-state index in [1.165, 1.54) is 4.90 Å². The van der Waals surface area contributed by atoms with Crippen molar-refractivity contribution in [2.45, 2.75) is 38.6 Å². The molecule has 1 aliphatic heterocycles. The highest BCUT2D eigenvalue weighted by molar-refractivity contribution is 5.97. The smallest absolute Gasteiger partial charge is 0.329 e. The molecule has 1 aromatic heterocycles. The average molecular weight is 264 g/mol. The van der Waals surface area contributed by atoms with Gasteiger partial charge in [0.05, 0.1) is 0 Å². The van der Waals surface area contributed by atoms with Crippen LogP contribution >= 0.6 is 0 Å². The number of rotatable bonds is 3. The lowest BCUT2D eigenvalue weighted by atomic mass is 9.93. The van der Waals surface area contributed by atoms with Crippen LogP contribution in [0.2, 0.25) is 0 Å². The number of likely N-dealkylation sites (tertiary alicyclic amines) is 1. The number of amides is 1. The van der Waals surface area contributed by atoms with Crippen molar-refractivity contribution >= 4 is 11.9 Å². The Kier molecular flexibility index (Phi) is 3.39. The molecular formula is C14H20N2O3. The summed E-state index contributed by atoms with van der Waals surface area (Å²) in [5.41, 5.74) is 0.508. The minimum Gasteiger partial charge on any atom is -0.479 e. The maximum Gasteiger partial charge on any atom is 0.329 e. The van der Waals surface area contributed by atoms with Crippen LogP contribution in [-0.2, 0) is 11.8 Å². The maximum atomic E-state index is 12.6. The van der Waals surface area contributed by atoms with Crippen molar-refractivity contribution in [3.63, 3.8) is 0 Å². The highest BCUT2D eigenvalue weighted by atomic mass is 16.4. The summed E-state index contributed by atoms with van der Waals surface area (Å²) in [4.78, 5) is 25.7. The Labute approximate surface area is 112 Å². The van der Waals surface area contributed by atoms with Crippen molar-refractivity contribution in [1.29, 1.82) is 0 Å². The molecule has 104 valence electrons. The van der Waals surface area contributed by atoms with E-state index in [0.717, 1.165) is 12.1 Å². The summed E-state index contributed by atoms with van der Waals surface area (Å²) >= 11 is 0. The maximum absolute atomic E-state index is 12.6. The second-order valence-corrected chi connectivity index (χ2v) is 5.17. The van der Waals surface area contributed by atoms with Crippen LogP contribution in [0.1, 0.15) is 42.4 Å². The Balaban J connectivity index is 2.38. The van der Waals surface area contributed by atoms with E-state index >= 15 is 0 Å². The number of carboxylic acids is 1. The third kappa shape index (κ3) is 1.93. The minimum absolute atomic E-state index is 0.183. The molecule has 1 aliphatic rings. The first-order chi connectivity index (χ1) is 8.94. The molecule has 1 N–H and O–H groups in total. The molecule has 1 saturated heterocycles. The number of carbonyl (C=O) groups excluding carboxylic acids is 1. The number of carboxylic acid groups (broad SMARTS) is 1. The largest absolute Gasteiger partial charge is 0.479 e. The van der Waals surface area contributed by atoms with E-state index in [2.05, 4.69) is 0 Å². The van der Waals surface area contributed by atoms with Crippen molar-refractivity contribution < 1.29 is 14.7 Å². The second-order valence-electron chi connectivity index (χ2n) is 5.17. The molecule has 1 aromatic rings. The van der Waals surface area contributed by atoms with Crippen LogP contribution in [0.5, 0.6) is 0 Å². The first-order valence-electron chi connectivity index (χ1n) is 6.61. The Morgan fingerprint density at radius 3 is 2.58 bits per heavy atom. The molecule has 0 bridgehead atoms. The summed E-state index contributed by atoms with van der Waals surface area (Å²) in [6, 6.07) is 3.63. The molecular weight excluding hydrogens is 244 g/mol. The standard InChI is InChI=1S/C14H20N2O3/c1-4-14(13(18)19)8-5-9-16(14)12(17)11-7-6-10(2)15(11)3/h6-7H,4-5,8-9H2,1-3H3,(H,18,19). The Bertz CT molecular complexity index is 521. The van der Waals surface area contributed by atoms with Crippen LogP contribution in [0.4, 0.5) is 0 Å². The average Bonchev–Trinajstić information content (AvgIpc) is 2.95. The zero-order valence-corrected chi connectivity index (χ0v) is 11.6. The van der Waals surface area contributed by atoms with Crippen molar-refractivity contribution in [3.8, 4) is 0 Å². The predicted octanol–water partition coefficient (Wildman–Crippen LogP) is 1.80.